The predicted molar refractivity (Wildman–Crippen MR) is 55.5 cm³/mol. The monoisotopic (exact) mass is 227 g/mol. The summed E-state index contributed by atoms with van der Waals surface area (Å²) >= 11 is 5.98. The first-order valence-electron chi connectivity index (χ1n) is 4.42. The van der Waals surface area contributed by atoms with Crippen LogP contribution >= 0.6 is 11.6 Å². The van der Waals surface area contributed by atoms with Crippen LogP contribution in [0.25, 0.3) is 0 Å². The van der Waals surface area contributed by atoms with Crippen molar-refractivity contribution in [2.45, 2.75) is 6.10 Å². The number of nitrogens with one attached hydrogen (secondary N) is 1. The molecule has 1 aromatic rings. The fourth-order valence-electron chi connectivity index (χ4n) is 1.15. The maximum atomic E-state index is 7.30. The van der Waals surface area contributed by atoms with E-state index in [0.717, 1.165) is 0 Å². The summed E-state index contributed by atoms with van der Waals surface area (Å²) in [4.78, 5) is 3.98. The van der Waals surface area contributed by atoms with Crippen LogP contribution in [-0.4, -0.2) is 30.1 Å². The minimum Gasteiger partial charge on any atom is -0.468 e. The first-order valence-corrected chi connectivity index (χ1v) is 4.79. The Hall–Kier alpha value is -1.33. The summed E-state index contributed by atoms with van der Waals surface area (Å²) in [6.45, 7) is 1.09. The van der Waals surface area contributed by atoms with Gasteiger partial charge >= 0.3 is 0 Å². The number of halogens is 1. The zero-order valence-corrected chi connectivity index (χ0v) is 8.62. The summed E-state index contributed by atoms with van der Waals surface area (Å²) in [5, 5.41) is 7.57. The number of nitrogens with two attached hydrogens (primary N) is 1. The molecule has 2 heterocycles. The molecule has 2 rings (SSSR count). The van der Waals surface area contributed by atoms with E-state index in [1.165, 1.54) is 6.20 Å². The Balaban J connectivity index is 2.22. The van der Waals surface area contributed by atoms with Crippen LogP contribution in [0, 0.1) is 5.41 Å². The van der Waals surface area contributed by atoms with Gasteiger partial charge in [-0.1, -0.05) is 11.6 Å². The molecule has 1 fully saturated rings. The molecule has 1 saturated heterocycles. The van der Waals surface area contributed by atoms with Gasteiger partial charge < -0.3 is 15.2 Å². The Morgan fingerprint density at radius 2 is 2.40 bits per heavy atom. The summed E-state index contributed by atoms with van der Waals surface area (Å²) in [5.74, 6) is 0.203. The van der Waals surface area contributed by atoms with Crippen LogP contribution < -0.4 is 10.5 Å². The number of pyridine rings is 1. The van der Waals surface area contributed by atoms with E-state index in [2.05, 4.69) is 4.98 Å². The average molecular weight is 228 g/mol. The van der Waals surface area contributed by atoms with Gasteiger partial charge in [-0.05, 0) is 6.07 Å². The van der Waals surface area contributed by atoms with Crippen molar-refractivity contribution in [3.63, 3.8) is 0 Å². The van der Waals surface area contributed by atoms with E-state index >= 15 is 0 Å². The first-order chi connectivity index (χ1) is 7.18. The van der Waals surface area contributed by atoms with E-state index in [4.69, 9.17) is 32.2 Å². The molecule has 6 heteroatoms. The van der Waals surface area contributed by atoms with Crippen molar-refractivity contribution in [1.82, 2.24) is 4.98 Å². The summed E-state index contributed by atoms with van der Waals surface area (Å²) in [5.41, 5.74) is 5.78. The number of hydrogen-bond acceptors (Lipinski definition) is 4. The SMILES string of the molecule is N=C(N)c1ccnc(OC2COC2)c1Cl. The molecule has 5 nitrogen and oxygen atoms in total. The highest BCUT2D eigenvalue weighted by atomic mass is 35.5. The molecule has 3 N–H and O–H groups in total. The van der Waals surface area contributed by atoms with Crippen LogP contribution in [0.5, 0.6) is 5.88 Å². The molecule has 0 aliphatic carbocycles. The Kier molecular flexibility index (Phi) is 2.75. The van der Waals surface area contributed by atoms with E-state index in [0.29, 0.717) is 24.7 Å². The third-order valence-corrected chi connectivity index (χ3v) is 2.40. The van der Waals surface area contributed by atoms with E-state index in [1.807, 2.05) is 0 Å². The first kappa shape index (κ1) is 10.2. The Bertz CT molecular complexity index is 393. The number of aromatic nitrogens is 1. The van der Waals surface area contributed by atoms with Crippen LogP contribution in [0.4, 0.5) is 0 Å². The van der Waals surface area contributed by atoms with Gasteiger partial charge in [0.05, 0.1) is 13.2 Å². The number of amidine groups is 1. The van der Waals surface area contributed by atoms with Crippen molar-refractivity contribution >= 4 is 17.4 Å². The molecular weight excluding hydrogens is 218 g/mol. The molecule has 15 heavy (non-hydrogen) atoms. The maximum absolute atomic E-state index is 7.30. The lowest BCUT2D eigenvalue weighted by Gasteiger charge is -2.26. The van der Waals surface area contributed by atoms with Crippen LogP contribution in [0.1, 0.15) is 5.56 Å². The molecule has 0 aromatic carbocycles. The number of ether oxygens (including phenoxy) is 2. The third-order valence-electron chi connectivity index (χ3n) is 2.03. The van der Waals surface area contributed by atoms with Gasteiger partial charge in [-0.25, -0.2) is 4.98 Å². The van der Waals surface area contributed by atoms with Crippen molar-refractivity contribution < 1.29 is 9.47 Å². The lowest BCUT2D eigenvalue weighted by atomic mass is 10.2. The van der Waals surface area contributed by atoms with Gasteiger partial charge in [0.25, 0.3) is 0 Å². The zero-order valence-electron chi connectivity index (χ0n) is 7.87. The standard InChI is InChI=1S/C9H10ClN3O2/c10-7-6(8(11)12)1-2-13-9(7)15-5-3-14-4-5/h1-2,5H,3-4H2,(H3,11,12). The van der Waals surface area contributed by atoms with Gasteiger partial charge in [-0.2, -0.15) is 0 Å². The fraction of sp³-hybridized carbons (Fsp3) is 0.333. The van der Waals surface area contributed by atoms with Gasteiger partial charge in [-0.15, -0.1) is 0 Å². The van der Waals surface area contributed by atoms with Gasteiger partial charge in [0.2, 0.25) is 5.88 Å². The fourth-order valence-corrected chi connectivity index (χ4v) is 1.41. The minimum absolute atomic E-state index is 0.00259. The average Bonchev–Trinajstić information content (AvgIpc) is 2.13. The van der Waals surface area contributed by atoms with E-state index in [1.54, 1.807) is 6.07 Å². The largest absolute Gasteiger partial charge is 0.468 e. The second kappa shape index (κ2) is 4.04. The van der Waals surface area contributed by atoms with Crippen molar-refractivity contribution in [2.75, 3.05) is 13.2 Å². The Labute approximate surface area is 91.7 Å². The van der Waals surface area contributed by atoms with Gasteiger partial charge in [0.15, 0.2) is 0 Å². The van der Waals surface area contributed by atoms with E-state index in [-0.39, 0.29) is 17.0 Å². The van der Waals surface area contributed by atoms with Crippen molar-refractivity contribution in [2.24, 2.45) is 5.73 Å². The predicted octanol–water partition coefficient (Wildman–Crippen LogP) is 0.797. The van der Waals surface area contributed by atoms with Crippen molar-refractivity contribution in [3.8, 4) is 5.88 Å². The van der Waals surface area contributed by atoms with Gasteiger partial charge in [-0.3, -0.25) is 5.41 Å². The highest BCUT2D eigenvalue weighted by Crippen LogP contribution is 2.27. The van der Waals surface area contributed by atoms with Crippen LogP contribution in [0.2, 0.25) is 5.02 Å². The van der Waals surface area contributed by atoms with Gasteiger partial charge in [0.1, 0.15) is 17.0 Å². The lowest BCUT2D eigenvalue weighted by Crippen LogP contribution is -2.38. The third kappa shape index (κ3) is 2.03. The molecule has 1 aliphatic rings. The van der Waals surface area contributed by atoms with Crippen LogP contribution in [-0.2, 0) is 4.74 Å². The molecule has 0 saturated carbocycles. The Morgan fingerprint density at radius 3 is 2.93 bits per heavy atom. The molecule has 1 aromatic heterocycles. The maximum Gasteiger partial charge on any atom is 0.233 e. The summed E-state index contributed by atoms with van der Waals surface area (Å²) < 4.78 is 10.4. The quantitative estimate of drug-likeness (QED) is 0.591. The second-order valence-corrected chi connectivity index (χ2v) is 3.55. The summed E-state index contributed by atoms with van der Waals surface area (Å²) in [6.07, 6.45) is 1.51. The van der Waals surface area contributed by atoms with Crippen molar-refractivity contribution in [1.29, 1.82) is 5.41 Å². The summed E-state index contributed by atoms with van der Waals surface area (Å²) in [6, 6.07) is 1.58. The molecule has 0 bridgehead atoms. The van der Waals surface area contributed by atoms with Crippen LogP contribution in [0.3, 0.4) is 0 Å². The van der Waals surface area contributed by atoms with Gasteiger partial charge in [0, 0.05) is 11.8 Å². The Morgan fingerprint density at radius 1 is 1.67 bits per heavy atom. The molecule has 1 aliphatic heterocycles. The van der Waals surface area contributed by atoms with Crippen LogP contribution in [0.15, 0.2) is 12.3 Å². The van der Waals surface area contributed by atoms with Crippen molar-refractivity contribution in [3.05, 3.63) is 22.8 Å². The molecule has 0 spiro atoms. The number of rotatable bonds is 3. The highest BCUT2D eigenvalue weighted by molar-refractivity contribution is 6.35. The second-order valence-electron chi connectivity index (χ2n) is 3.17. The number of nitrogen functional groups attached to an aromatic ring is 1. The molecular formula is C9H10ClN3O2. The minimum atomic E-state index is -0.0999. The number of hydrogen-bond donors (Lipinski definition) is 2. The highest BCUT2D eigenvalue weighted by Gasteiger charge is 2.22. The molecule has 0 unspecified atom stereocenters. The smallest absolute Gasteiger partial charge is 0.233 e. The topological polar surface area (TPSA) is 81.2 Å². The molecule has 80 valence electrons. The summed E-state index contributed by atoms with van der Waals surface area (Å²) in [7, 11) is 0. The molecule has 0 atom stereocenters. The lowest BCUT2D eigenvalue weighted by molar-refractivity contribution is -0.0812. The zero-order chi connectivity index (χ0) is 10.8. The number of nitrogens with zero attached hydrogens (tertiary/aromatic N) is 1. The normalized spacial score (nSPS) is 15.8. The van der Waals surface area contributed by atoms with E-state index in [9.17, 15) is 0 Å². The molecule has 0 amide bonds. The molecule has 0 radical (unpaired) electrons. The van der Waals surface area contributed by atoms with E-state index < -0.39 is 0 Å².